The smallest absolute Gasteiger partial charge is 0.293 e. The number of carbonyl (C=O) groups is 2. The molecule has 2 aromatic rings. The van der Waals surface area contributed by atoms with Crippen LogP contribution in [0.5, 0.6) is 11.5 Å². The third kappa shape index (κ3) is 5.28. The first-order chi connectivity index (χ1) is 15.0. The number of thioether (sulfide) groups is 1. The molecule has 1 aliphatic rings. The predicted octanol–water partition coefficient (Wildman–Crippen LogP) is 5.37. The number of ether oxygens (including phenoxy) is 2. The van der Waals surface area contributed by atoms with E-state index in [2.05, 4.69) is 6.07 Å². The molecule has 6 nitrogen and oxygen atoms in total. The fourth-order valence-corrected chi connectivity index (χ4v) is 3.84. The Hall–Kier alpha value is -3.24. The number of nitriles is 1. The first kappa shape index (κ1) is 22.4. The molecule has 1 aliphatic heterocycles. The fourth-order valence-electron chi connectivity index (χ4n) is 3.01. The molecule has 1 heterocycles. The molecule has 0 aromatic heterocycles. The molecule has 0 unspecified atom stereocenters. The second-order valence-corrected chi connectivity index (χ2v) is 8.01. The summed E-state index contributed by atoms with van der Waals surface area (Å²) in [4.78, 5) is 26.8. The van der Waals surface area contributed by atoms with Crippen LogP contribution in [0, 0.1) is 11.3 Å². The van der Waals surface area contributed by atoms with Crippen molar-refractivity contribution in [2.45, 2.75) is 39.8 Å². The van der Waals surface area contributed by atoms with Crippen LogP contribution >= 0.6 is 11.8 Å². The van der Waals surface area contributed by atoms with Crippen LogP contribution in [0.3, 0.4) is 0 Å². The summed E-state index contributed by atoms with van der Waals surface area (Å²) in [7, 11) is 0. The van der Waals surface area contributed by atoms with Gasteiger partial charge in [0.25, 0.3) is 11.1 Å². The van der Waals surface area contributed by atoms with Crippen LogP contribution in [0.4, 0.5) is 4.79 Å². The number of hydrogen-bond acceptors (Lipinski definition) is 6. The van der Waals surface area contributed by atoms with Gasteiger partial charge in [0.1, 0.15) is 0 Å². The Labute approximate surface area is 186 Å². The van der Waals surface area contributed by atoms with Gasteiger partial charge >= 0.3 is 0 Å². The Morgan fingerprint density at radius 1 is 1.16 bits per heavy atom. The lowest BCUT2D eigenvalue weighted by molar-refractivity contribution is -0.123. The molecule has 2 aromatic carbocycles. The average molecular weight is 437 g/mol. The molecule has 1 fully saturated rings. The van der Waals surface area contributed by atoms with Crippen molar-refractivity contribution >= 4 is 29.0 Å². The van der Waals surface area contributed by atoms with Crippen LogP contribution in [0.15, 0.2) is 47.4 Å². The van der Waals surface area contributed by atoms with Crippen LogP contribution in [-0.4, -0.2) is 28.8 Å². The van der Waals surface area contributed by atoms with Gasteiger partial charge in [-0.15, -0.1) is 0 Å². The van der Waals surface area contributed by atoms with Gasteiger partial charge in [-0.25, -0.2) is 0 Å². The summed E-state index contributed by atoms with van der Waals surface area (Å²) in [5.74, 6) is 0.869. The third-order valence-corrected chi connectivity index (χ3v) is 5.72. The highest BCUT2D eigenvalue weighted by Crippen LogP contribution is 2.36. The summed E-state index contributed by atoms with van der Waals surface area (Å²) in [6.45, 7) is 6.48. The Bertz CT molecular complexity index is 1060. The van der Waals surface area contributed by atoms with Gasteiger partial charge in [0.2, 0.25) is 0 Å². The highest BCUT2D eigenvalue weighted by molar-refractivity contribution is 8.18. The summed E-state index contributed by atoms with van der Waals surface area (Å²) < 4.78 is 11.6. The van der Waals surface area contributed by atoms with Gasteiger partial charge in [0, 0.05) is 0 Å². The van der Waals surface area contributed by atoms with Gasteiger partial charge in [-0.1, -0.05) is 31.2 Å². The fraction of sp³-hybridized carbons (Fsp3) is 0.292. The van der Waals surface area contributed by atoms with E-state index in [9.17, 15) is 14.9 Å². The summed E-state index contributed by atoms with van der Waals surface area (Å²) in [5, 5.41) is 8.90. The summed E-state index contributed by atoms with van der Waals surface area (Å²) in [6.07, 6.45) is 2.60. The second-order valence-electron chi connectivity index (χ2n) is 7.01. The molecule has 0 N–H and O–H groups in total. The number of hydrogen-bond donors (Lipinski definition) is 0. The topological polar surface area (TPSA) is 79.6 Å². The number of imide groups is 1. The lowest BCUT2D eigenvalue weighted by atomic mass is 10.1. The maximum atomic E-state index is 12.9. The van der Waals surface area contributed by atoms with Crippen molar-refractivity contribution in [3.63, 3.8) is 0 Å². The third-order valence-electron chi connectivity index (χ3n) is 4.81. The van der Waals surface area contributed by atoms with E-state index in [4.69, 9.17) is 9.47 Å². The Kier molecular flexibility index (Phi) is 7.37. The lowest BCUT2D eigenvalue weighted by Gasteiger charge is -2.16. The van der Waals surface area contributed by atoms with E-state index >= 15 is 0 Å². The molecule has 1 saturated heterocycles. The second kappa shape index (κ2) is 10.2. The molecule has 31 heavy (non-hydrogen) atoms. The molecule has 1 atom stereocenters. The van der Waals surface area contributed by atoms with Crippen molar-refractivity contribution in [1.29, 1.82) is 5.26 Å². The lowest BCUT2D eigenvalue weighted by Crippen LogP contribution is -2.27. The molecule has 0 aliphatic carbocycles. The highest BCUT2D eigenvalue weighted by Gasteiger charge is 2.35. The predicted molar refractivity (Wildman–Crippen MR) is 121 cm³/mol. The van der Waals surface area contributed by atoms with E-state index in [0.717, 1.165) is 28.6 Å². The van der Waals surface area contributed by atoms with E-state index in [-0.39, 0.29) is 23.8 Å². The van der Waals surface area contributed by atoms with Crippen LogP contribution in [0.2, 0.25) is 0 Å². The van der Waals surface area contributed by atoms with E-state index in [1.54, 1.807) is 36.4 Å². The normalized spacial score (nSPS) is 15.8. The quantitative estimate of drug-likeness (QED) is 0.518. The summed E-state index contributed by atoms with van der Waals surface area (Å²) in [6, 6.07) is 14.5. The van der Waals surface area contributed by atoms with E-state index < -0.39 is 0 Å². The average Bonchev–Trinajstić information content (AvgIpc) is 3.03. The van der Waals surface area contributed by atoms with Crippen molar-refractivity contribution in [3.05, 3.63) is 64.1 Å². The first-order valence-electron chi connectivity index (χ1n) is 10.1. The van der Waals surface area contributed by atoms with Gasteiger partial charge in [-0.2, -0.15) is 5.26 Å². The van der Waals surface area contributed by atoms with E-state index in [1.807, 2.05) is 32.9 Å². The van der Waals surface area contributed by atoms with Gasteiger partial charge in [0.15, 0.2) is 11.5 Å². The molecule has 0 spiro atoms. The molecular formula is C24H24N2O4S. The number of rotatable bonds is 8. The molecule has 0 saturated carbocycles. The molecular weight excluding hydrogens is 412 g/mol. The zero-order valence-electron chi connectivity index (χ0n) is 17.8. The van der Waals surface area contributed by atoms with E-state index in [1.165, 1.54) is 0 Å². The van der Waals surface area contributed by atoms with Gasteiger partial charge in [-0.05, 0) is 67.4 Å². The molecule has 160 valence electrons. The minimum Gasteiger partial charge on any atom is -0.490 e. The van der Waals surface area contributed by atoms with Crippen molar-refractivity contribution in [1.82, 2.24) is 4.90 Å². The van der Waals surface area contributed by atoms with Crippen LogP contribution in [-0.2, 0) is 11.3 Å². The summed E-state index contributed by atoms with van der Waals surface area (Å²) >= 11 is 0.891. The maximum absolute atomic E-state index is 12.9. The minimum absolute atomic E-state index is 0.0536. The number of nitrogens with zero attached hydrogens (tertiary/aromatic N) is 2. The van der Waals surface area contributed by atoms with Crippen molar-refractivity contribution < 1.29 is 19.1 Å². The van der Waals surface area contributed by atoms with Gasteiger partial charge in [-0.3, -0.25) is 14.5 Å². The number of amides is 2. The largest absolute Gasteiger partial charge is 0.490 e. The number of benzene rings is 2. The monoisotopic (exact) mass is 436 g/mol. The summed E-state index contributed by atoms with van der Waals surface area (Å²) in [5.41, 5.74) is 1.82. The van der Waals surface area contributed by atoms with Crippen LogP contribution in [0.25, 0.3) is 6.08 Å². The van der Waals surface area contributed by atoms with Gasteiger partial charge < -0.3 is 9.47 Å². The van der Waals surface area contributed by atoms with Crippen molar-refractivity contribution in [2.24, 2.45) is 0 Å². The number of carbonyl (C=O) groups excluding carboxylic acids is 2. The van der Waals surface area contributed by atoms with E-state index in [0.29, 0.717) is 34.1 Å². The zero-order chi connectivity index (χ0) is 22.4. The van der Waals surface area contributed by atoms with Crippen molar-refractivity contribution in [2.75, 3.05) is 6.61 Å². The SMILES string of the molecule is CCOc1cc(/C=C2/SC(=O)N(Cc3ccccc3C#N)C2=O)ccc1O[C@H](C)CC. The van der Waals surface area contributed by atoms with Crippen LogP contribution in [0.1, 0.15) is 43.9 Å². The zero-order valence-corrected chi connectivity index (χ0v) is 18.6. The standard InChI is InChI=1S/C24H24N2O4S/c1-4-16(3)30-20-11-10-17(12-21(20)29-5-2)13-22-23(27)26(24(28)31-22)15-19-9-7-6-8-18(19)14-25/h6-13,16H,4-5,15H2,1-3H3/b22-13+/t16-/m1/s1. The molecule has 2 amide bonds. The minimum atomic E-state index is -0.374. The Balaban J connectivity index is 1.83. The first-order valence-corrected chi connectivity index (χ1v) is 10.9. The van der Waals surface area contributed by atoms with Crippen LogP contribution < -0.4 is 9.47 Å². The van der Waals surface area contributed by atoms with Crippen molar-refractivity contribution in [3.8, 4) is 17.6 Å². The van der Waals surface area contributed by atoms with Gasteiger partial charge in [0.05, 0.1) is 35.8 Å². The molecule has 0 radical (unpaired) electrons. The highest BCUT2D eigenvalue weighted by atomic mass is 32.2. The maximum Gasteiger partial charge on any atom is 0.293 e. The Morgan fingerprint density at radius 2 is 1.94 bits per heavy atom. The molecule has 0 bridgehead atoms. The molecule has 3 rings (SSSR count). The molecule has 7 heteroatoms. The Morgan fingerprint density at radius 3 is 2.65 bits per heavy atom.